The summed E-state index contributed by atoms with van der Waals surface area (Å²) in [5.74, 6) is 1.08. The van der Waals surface area contributed by atoms with Crippen LogP contribution in [-0.4, -0.2) is 42.0 Å². The van der Waals surface area contributed by atoms with Gasteiger partial charge in [-0.25, -0.2) is 0 Å². The number of hydrogen-bond acceptors (Lipinski definition) is 4. The van der Waals surface area contributed by atoms with E-state index >= 15 is 0 Å². The minimum Gasteiger partial charge on any atom is -0.490 e. The van der Waals surface area contributed by atoms with E-state index in [1.165, 1.54) is 0 Å². The number of benzene rings is 3. The highest BCUT2D eigenvalue weighted by molar-refractivity contribution is 6.30. The van der Waals surface area contributed by atoms with Crippen molar-refractivity contribution in [3.8, 4) is 11.5 Å². The summed E-state index contributed by atoms with van der Waals surface area (Å²) in [5.41, 5.74) is 2.86. The van der Waals surface area contributed by atoms with E-state index in [1.807, 2.05) is 88.4 Å². The Bertz CT molecular complexity index is 1200. The monoisotopic (exact) mass is 550 g/mol. The summed E-state index contributed by atoms with van der Waals surface area (Å²) in [4.78, 5) is 29.0. The van der Waals surface area contributed by atoms with Crippen molar-refractivity contribution in [2.45, 2.75) is 65.6 Å². The van der Waals surface area contributed by atoms with E-state index < -0.39 is 6.04 Å². The van der Waals surface area contributed by atoms with Crippen LogP contribution in [0.2, 0.25) is 5.02 Å². The first kappa shape index (κ1) is 30.0. The third kappa shape index (κ3) is 9.32. The number of carbonyl (C=O) groups excluding carboxylic acids is 2. The Kier molecular flexibility index (Phi) is 11.7. The Morgan fingerprint density at radius 3 is 2.13 bits per heavy atom. The van der Waals surface area contributed by atoms with Crippen molar-refractivity contribution in [2.75, 3.05) is 13.2 Å². The number of amides is 2. The predicted molar refractivity (Wildman–Crippen MR) is 156 cm³/mol. The van der Waals surface area contributed by atoms with Gasteiger partial charge in [-0.3, -0.25) is 9.59 Å². The highest BCUT2D eigenvalue weighted by Crippen LogP contribution is 2.29. The molecule has 0 aliphatic carbocycles. The fraction of sp³-hybridized carbons (Fsp3) is 0.375. The summed E-state index contributed by atoms with van der Waals surface area (Å²) in [7, 11) is 0. The molecule has 0 saturated carbocycles. The average molecular weight is 551 g/mol. The van der Waals surface area contributed by atoms with Crippen molar-refractivity contribution in [2.24, 2.45) is 0 Å². The first-order chi connectivity index (χ1) is 18.8. The molecular formula is C32H39ClN2O4. The number of rotatable bonds is 14. The number of ether oxygens (including phenoxy) is 2. The molecule has 0 radical (unpaired) electrons. The number of nitrogens with one attached hydrogen (secondary N) is 1. The fourth-order valence-electron chi connectivity index (χ4n) is 4.37. The number of halogens is 1. The molecule has 0 heterocycles. The Morgan fingerprint density at radius 1 is 0.846 bits per heavy atom. The van der Waals surface area contributed by atoms with E-state index in [0.29, 0.717) is 49.1 Å². The van der Waals surface area contributed by atoms with Crippen LogP contribution in [0.4, 0.5) is 0 Å². The topological polar surface area (TPSA) is 67.9 Å². The van der Waals surface area contributed by atoms with Gasteiger partial charge in [0.15, 0.2) is 11.5 Å². The average Bonchev–Trinajstić information content (AvgIpc) is 2.92. The molecule has 0 bridgehead atoms. The van der Waals surface area contributed by atoms with Crippen LogP contribution in [0.3, 0.4) is 0 Å². The fourth-order valence-corrected chi connectivity index (χ4v) is 4.49. The Morgan fingerprint density at radius 2 is 1.49 bits per heavy atom. The van der Waals surface area contributed by atoms with Gasteiger partial charge in [-0.05, 0) is 75.1 Å². The number of nitrogens with zero attached hydrogens (tertiary/aromatic N) is 1. The van der Waals surface area contributed by atoms with Crippen molar-refractivity contribution in [3.05, 3.63) is 94.5 Å². The molecular weight excluding hydrogens is 512 g/mol. The molecule has 3 aromatic carbocycles. The van der Waals surface area contributed by atoms with Crippen LogP contribution in [0, 0.1) is 0 Å². The highest BCUT2D eigenvalue weighted by Gasteiger charge is 2.30. The molecule has 39 heavy (non-hydrogen) atoms. The molecule has 2 amide bonds. The smallest absolute Gasteiger partial charge is 0.243 e. The molecule has 7 heteroatoms. The second-order valence-electron chi connectivity index (χ2n) is 9.66. The first-order valence-corrected chi connectivity index (χ1v) is 13.9. The van der Waals surface area contributed by atoms with E-state index in [4.69, 9.17) is 21.1 Å². The molecule has 0 aliphatic rings. The summed E-state index contributed by atoms with van der Waals surface area (Å²) in [6.07, 6.45) is 1.16. The third-order valence-electron chi connectivity index (χ3n) is 6.20. The summed E-state index contributed by atoms with van der Waals surface area (Å²) in [6, 6.07) is 22.2. The van der Waals surface area contributed by atoms with Crippen LogP contribution in [0.25, 0.3) is 0 Å². The zero-order valence-corrected chi connectivity index (χ0v) is 24.0. The van der Waals surface area contributed by atoms with E-state index in [2.05, 4.69) is 5.32 Å². The second-order valence-corrected chi connectivity index (χ2v) is 10.1. The van der Waals surface area contributed by atoms with Crippen molar-refractivity contribution >= 4 is 23.4 Å². The molecule has 0 fully saturated rings. The molecule has 0 saturated heterocycles. The number of hydrogen-bond donors (Lipinski definition) is 1. The van der Waals surface area contributed by atoms with E-state index in [1.54, 1.807) is 17.0 Å². The molecule has 1 atom stereocenters. The van der Waals surface area contributed by atoms with Crippen LogP contribution in [0.5, 0.6) is 11.5 Å². The van der Waals surface area contributed by atoms with Gasteiger partial charge in [0.05, 0.1) is 13.2 Å². The summed E-state index contributed by atoms with van der Waals surface area (Å²) in [6.45, 7) is 9.05. The van der Waals surface area contributed by atoms with E-state index in [9.17, 15) is 9.59 Å². The minimum atomic E-state index is -0.669. The number of aryl methyl sites for hydroxylation is 1. The zero-order chi connectivity index (χ0) is 28.2. The third-order valence-corrected chi connectivity index (χ3v) is 6.46. The lowest BCUT2D eigenvalue weighted by Gasteiger charge is -2.32. The van der Waals surface area contributed by atoms with Crippen LogP contribution in [0.1, 0.15) is 50.8 Å². The summed E-state index contributed by atoms with van der Waals surface area (Å²) >= 11 is 6.11. The Labute approximate surface area is 237 Å². The molecule has 0 aromatic heterocycles. The zero-order valence-electron chi connectivity index (χ0n) is 23.3. The van der Waals surface area contributed by atoms with Gasteiger partial charge in [0.2, 0.25) is 11.8 Å². The second kappa shape index (κ2) is 15.2. The van der Waals surface area contributed by atoms with Crippen molar-refractivity contribution in [1.82, 2.24) is 10.2 Å². The van der Waals surface area contributed by atoms with E-state index in [-0.39, 0.29) is 24.3 Å². The molecule has 0 spiro atoms. The van der Waals surface area contributed by atoms with Gasteiger partial charge in [-0.15, -0.1) is 0 Å². The standard InChI is InChI=1S/C32H39ClN2O4/c1-5-38-29-18-14-25(21-30(29)39-6-2)15-19-31(36)35(22-26-12-16-27(33)17-13-26)28(32(37)34-23(3)4)20-24-10-8-7-9-11-24/h7-14,16-18,21,23,28H,5-6,15,19-20,22H2,1-4H3,(H,34,37)/t28-/m0/s1. The van der Waals surface area contributed by atoms with Gasteiger partial charge in [-0.2, -0.15) is 0 Å². The predicted octanol–water partition coefficient (Wildman–Crippen LogP) is 6.23. The van der Waals surface area contributed by atoms with Gasteiger partial charge in [-0.1, -0.05) is 60.1 Å². The molecule has 6 nitrogen and oxygen atoms in total. The van der Waals surface area contributed by atoms with Gasteiger partial charge >= 0.3 is 0 Å². The number of carbonyl (C=O) groups is 2. The molecule has 1 N–H and O–H groups in total. The van der Waals surface area contributed by atoms with Gasteiger partial charge in [0.1, 0.15) is 6.04 Å². The highest BCUT2D eigenvalue weighted by atomic mass is 35.5. The molecule has 208 valence electrons. The van der Waals surface area contributed by atoms with Gasteiger partial charge in [0, 0.05) is 30.5 Å². The van der Waals surface area contributed by atoms with Crippen LogP contribution < -0.4 is 14.8 Å². The van der Waals surface area contributed by atoms with Crippen molar-refractivity contribution < 1.29 is 19.1 Å². The first-order valence-electron chi connectivity index (χ1n) is 13.6. The van der Waals surface area contributed by atoms with Crippen LogP contribution >= 0.6 is 11.6 Å². The maximum atomic E-state index is 13.9. The van der Waals surface area contributed by atoms with Gasteiger partial charge in [0.25, 0.3) is 0 Å². The lowest BCUT2D eigenvalue weighted by molar-refractivity contribution is -0.141. The van der Waals surface area contributed by atoms with Crippen molar-refractivity contribution in [1.29, 1.82) is 0 Å². The van der Waals surface area contributed by atoms with Crippen LogP contribution in [-0.2, 0) is 29.0 Å². The minimum absolute atomic E-state index is 0.0518. The molecule has 3 aromatic rings. The summed E-state index contributed by atoms with van der Waals surface area (Å²) in [5, 5.41) is 3.64. The van der Waals surface area contributed by atoms with Crippen molar-refractivity contribution in [3.63, 3.8) is 0 Å². The lowest BCUT2D eigenvalue weighted by atomic mass is 10.0. The quantitative estimate of drug-likeness (QED) is 0.258. The summed E-state index contributed by atoms with van der Waals surface area (Å²) < 4.78 is 11.4. The molecule has 3 rings (SSSR count). The molecule has 0 unspecified atom stereocenters. The maximum Gasteiger partial charge on any atom is 0.243 e. The Balaban J connectivity index is 1.89. The van der Waals surface area contributed by atoms with Crippen LogP contribution in [0.15, 0.2) is 72.8 Å². The maximum absolute atomic E-state index is 13.9. The largest absolute Gasteiger partial charge is 0.490 e. The lowest BCUT2D eigenvalue weighted by Crippen LogP contribution is -2.51. The van der Waals surface area contributed by atoms with E-state index in [0.717, 1.165) is 16.7 Å². The SMILES string of the molecule is CCOc1ccc(CCC(=O)N(Cc2ccc(Cl)cc2)[C@@H](Cc2ccccc2)C(=O)NC(C)C)cc1OCC. The van der Waals surface area contributed by atoms with Gasteiger partial charge < -0.3 is 19.7 Å². The normalized spacial score (nSPS) is 11.6. The molecule has 0 aliphatic heterocycles. The Hall–Kier alpha value is -3.51.